The van der Waals surface area contributed by atoms with Crippen molar-refractivity contribution in [3.05, 3.63) is 127 Å². The van der Waals surface area contributed by atoms with Gasteiger partial charge in [-0.1, -0.05) is 72.4 Å². The Hall–Kier alpha value is -4.15. The molecule has 1 aliphatic heterocycles. The zero-order valence-corrected chi connectivity index (χ0v) is 24.0. The summed E-state index contributed by atoms with van der Waals surface area (Å²) in [4.78, 5) is 6.84. The molecule has 6 rings (SSSR count). The monoisotopic (exact) mass is 691 g/mol. The second-order valence-electron chi connectivity index (χ2n) is 9.09. The zero-order chi connectivity index (χ0) is 26.1. The number of aryl methyl sites for hydroxylation is 1. The fourth-order valence-corrected chi connectivity index (χ4v) is 4.64. The van der Waals surface area contributed by atoms with Gasteiger partial charge in [0, 0.05) is 45.2 Å². The maximum absolute atomic E-state index is 6.19. The van der Waals surface area contributed by atoms with E-state index >= 15 is 0 Å². The number of aromatic nitrogens is 2. The molecule has 0 atom stereocenters. The van der Waals surface area contributed by atoms with E-state index in [-0.39, 0.29) is 21.1 Å². The number of hydrogen-bond donors (Lipinski definition) is 0. The van der Waals surface area contributed by atoms with E-state index in [0.717, 1.165) is 45.4 Å². The van der Waals surface area contributed by atoms with Gasteiger partial charge in [-0.2, -0.15) is 11.2 Å². The first kappa shape index (κ1) is 26.5. The molecule has 0 fully saturated rings. The number of anilines is 1. The fourth-order valence-electron chi connectivity index (χ4n) is 4.64. The molecule has 0 amide bonds. The van der Waals surface area contributed by atoms with Crippen LogP contribution < -0.4 is 9.75 Å². The second-order valence-corrected chi connectivity index (χ2v) is 9.09. The molecule has 198 valence electrons. The standard InChI is InChI=1S/C32H26N5O.Pt/c1-23-30(24-12-6-4-7-13-24)36(3)31(33-23)26-16-10-18-28(20-26)38-29-19-11-17-27(21-29)37-22-35(2)32(34-37)25-14-8-5-9-15-25;/h4-19,22H,1-3H3;/q-3;. The molecular formula is C32H26N5OPt-3. The Morgan fingerprint density at radius 1 is 0.744 bits per heavy atom. The molecule has 5 aromatic rings. The summed E-state index contributed by atoms with van der Waals surface area (Å²) in [6.45, 7) is 3.96. The summed E-state index contributed by atoms with van der Waals surface area (Å²) in [5.41, 5.74) is 5.88. The van der Waals surface area contributed by atoms with Gasteiger partial charge in [-0.3, -0.25) is 4.98 Å². The number of amidine groups is 1. The maximum atomic E-state index is 6.19. The fraction of sp³-hybridized carbons (Fsp3) is 0.0938. The van der Waals surface area contributed by atoms with Gasteiger partial charge in [-0.15, -0.1) is 48.6 Å². The van der Waals surface area contributed by atoms with E-state index in [0.29, 0.717) is 11.5 Å². The predicted octanol–water partition coefficient (Wildman–Crippen LogP) is 6.69. The van der Waals surface area contributed by atoms with Crippen LogP contribution in [-0.4, -0.2) is 27.3 Å². The summed E-state index contributed by atoms with van der Waals surface area (Å²) in [6, 6.07) is 38.7. The number of hydrazone groups is 1. The van der Waals surface area contributed by atoms with E-state index in [1.165, 1.54) is 0 Å². The molecule has 0 radical (unpaired) electrons. The molecule has 39 heavy (non-hydrogen) atoms. The van der Waals surface area contributed by atoms with E-state index in [1.807, 2.05) is 118 Å². The van der Waals surface area contributed by atoms with Gasteiger partial charge in [0.25, 0.3) is 0 Å². The van der Waals surface area contributed by atoms with E-state index in [9.17, 15) is 0 Å². The molecular weight excluding hydrogens is 665 g/mol. The van der Waals surface area contributed by atoms with Gasteiger partial charge >= 0.3 is 0 Å². The maximum Gasteiger partial charge on any atom is 0.125 e. The van der Waals surface area contributed by atoms with Crippen molar-refractivity contribution in [2.24, 2.45) is 12.1 Å². The number of benzene rings is 4. The predicted molar refractivity (Wildman–Crippen MR) is 151 cm³/mol. The minimum absolute atomic E-state index is 0. The minimum Gasteiger partial charge on any atom is -0.503 e. The minimum atomic E-state index is 0. The normalized spacial score (nSPS) is 12.7. The van der Waals surface area contributed by atoms with Crippen LogP contribution in [0.3, 0.4) is 0 Å². The van der Waals surface area contributed by atoms with E-state index in [4.69, 9.17) is 14.8 Å². The molecule has 4 aromatic carbocycles. The first-order chi connectivity index (χ1) is 18.6. The van der Waals surface area contributed by atoms with Crippen LogP contribution in [0, 0.1) is 25.7 Å². The molecule has 0 unspecified atom stereocenters. The van der Waals surface area contributed by atoms with Crippen LogP contribution in [0.5, 0.6) is 11.5 Å². The average molecular weight is 692 g/mol. The SMILES string of the molecule is Cc1nc(-c2[c-]c(Oc3[c-]c(N4[CH-]N(C)C(c5ccccc5)=N4)ccc3)ccc2)n(C)c1-c1ccccc1.[Pt]. The van der Waals surface area contributed by atoms with Crippen LogP contribution in [-0.2, 0) is 28.1 Å². The van der Waals surface area contributed by atoms with Gasteiger partial charge in [0.2, 0.25) is 0 Å². The summed E-state index contributed by atoms with van der Waals surface area (Å²) in [7, 11) is 4.01. The number of rotatable bonds is 6. The third-order valence-electron chi connectivity index (χ3n) is 6.40. The first-order valence-corrected chi connectivity index (χ1v) is 12.4. The molecule has 0 aliphatic carbocycles. The summed E-state index contributed by atoms with van der Waals surface area (Å²) >= 11 is 0. The van der Waals surface area contributed by atoms with Crippen molar-refractivity contribution < 1.29 is 25.8 Å². The summed E-state index contributed by atoms with van der Waals surface area (Å²) in [6.07, 6.45) is 0. The third kappa shape index (κ3) is 5.38. The molecule has 0 saturated heterocycles. The van der Waals surface area contributed by atoms with Gasteiger partial charge < -0.3 is 19.2 Å². The largest absolute Gasteiger partial charge is 0.503 e. The summed E-state index contributed by atoms with van der Waals surface area (Å²) < 4.78 is 8.30. The Labute approximate surface area is 243 Å². The molecule has 0 N–H and O–H groups in total. The Bertz CT molecular complexity index is 1610. The average Bonchev–Trinajstić information content (AvgIpc) is 3.48. The van der Waals surface area contributed by atoms with Crippen molar-refractivity contribution >= 4 is 11.5 Å². The van der Waals surface area contributed by atoms with Crippen molar-refractivity contribution in [1.82, 2.24) is 14.5 Å². The Morgan fingerprint density at radius 3 is 2.10 bits per heavy atom. The molecule has 6 nitrogen and oxygen atoms in total. The molecule has 2 heterocycles. The van der Waals surface area contributed by atoms with Gasteiger partial charge in [0.15, 0.2) is 0 Å². The molecule has 1 aromatic heterocycles. The van der Waals surface area contributed by atoms with E-state index < -0.39 is 0 Å². The topological polar surface area (TPSA) is 45.9 Å². The van der Waals surface area contributed by atoms with Crippen LogP contribution in [0.1, 0.15) is 11.3 Å². The molecule has 0 spiro atoms. The van der Waals surface area contributed by atoms with Crippen molar-refractivity contribution in [1.29, 1.82) is 0 Å². The van der Waals surface area contributed by atoms with E-state index in [1.54, 1.807) is 5.01 Å². The van der Waals surface area contributed by atoms with Crippen LogP contribution in [0.15, 0.2) is 102 Å². The van der Waals surface area contributed by atoms with Gasteiger partial charge in [-0.05, 0) is 19.5 Å². The van der Waals surface area contributed by atoms with Crippen LogP contribution >= 0.6 is 0 Å². The van der Waals surface area contributed by atoms with E-state index in [2.05, 4.69) is 28.8 Å². The van der Waals surface area contributed by atoms with Gasteiger partial charge in [-0.25, -0.2) is 0 Å². The van der Waals surface area contributed by atoms with Crippen LogP contribution in [0.4, 0.5) is 5.69 Å². The molecule has 0 bridgehead atoms. The smallest absolute Gasteiger partial charge is 0.125 e. The molecule has 7 heteroatoms. The molecule has 1 aliphatic rings. The number of ether oxygens (including phenoxy) is 1. The van der Waals surface area contributed by atoms with Crippen molar-refractivity contribution in [3.8, 4) is 34.1 Å². The zero-order valence-electron chi connectivity index (χ0n) is 21.8. The quantitative estimate of drug-likeness (QED) is 0.187. The summed E-state index contributed by atoms with van der Waals surface area (Å²) in [5, 5.41) is 6.57. The van der Waals surface area contributed by atoms with Crippen LogP contribution in [0.25, 0.3) is 22.6 Å². The summed E-state index contributed by atoms with van der Waals surface area (Å²) in [5.74, 6) is 2.87. The Balaban J connectivity index is 0.00000308. The number of imidazole rings is 1. The first-order valence-electron chi connectivity index (χ1n) is 12.4. The van der Waals surface area contributed by atoms with Crippen molar-refractivity contribution in [3.63, 3.8) is 0 Å². The second kappa shape index (κ2) is 11.3. The Kier molecular flexibility index (Phi) is 7.67. The van der Waals surface area contributed by atoms with Crippen LogP contribution in [0.2, 0.25) is 0 Å². The van der Waals surface area contributed by atoms with Gasteiger partial charge in [0.05, 0.1) is 17.2 Å². The number of nitrogens with zero attached hydrogens (tertiary/aromatic N) is 5. The van der Waals surface area contributed by atoms with Crippen molar-refractivity contribution in [2.75, 3.05) is 12.1 Å². The number of hydrogen-bond acceptors (Lipinski definition) is 5. The van der Waals surface area contributed by atoms with Crippen molar-refractivity contribution in [2.45, 2.75) is 6.92 Å². The third-order valence-corrected chi connectivity index (χ3v) is 6.40. The Morgan fingerprint density at radius 2 is 1.38 bits per heavy atom. The molecule has 0 saturated carbocycles. The van der Waals surface area contributed by atoms with Gasteiger partial charge in [0.1, 0.15) is 5.84 Å².